The molecule has 15 heavy (non-hydrogen) atoms. The van der Waals surface area contributed by atoms with Crippen LogP contribution in [0.15, 0.2) is 18.3 Å². The quantitative estimate of drug-likeness (QED) is 0.749. The largest absolute Gasteiger partial charge is 0.493 e. The normalized spacial score (nSPS) is 12.2. The Labute approximate surface area is 90.3 Å². The fourth-order valence-corrected chi connectivity index (χ4v) is 1.37. The standard InChI is InChI=1S/C11H18N2O2/c1-9(5-4-8-14)13-11-10(15-2)6-3-7-12-11/h3,6-7,9,14H,4-5,8H2,1-2H3,(H,12,13). The van der Waals surface area contributed by atoms with Gasteiger partial charge < -0.3 is 15.2 Å². The molecular formula is C11H18N2O2. The number of methoxy groups -OCH3 is 1. The summed E-state index contributed by atoms with van der Waals surface area (Å²) in [6.07, 6.45) is 3.43. The molecule has 0 aromatic carbocycles. The highest BCUT2D eigenvalue weighted by Gasteiger charge is 2.06. The van der Waals surface area contributed by atoms with Gasteiger partial charge >= 0.3 is 0 Å². The molecule has 1 aromatic rings. The Kier molecular flexibility index (Phi) is 4.90. The Morgan fingerprint density at radius 3 is 3.07 bits per heavy atom. The van der Waals surface area contributed by atoms with Crippen LogP contribution in [0.1, 0.15) is 19.8 Å². The van der Waals surface area contributed by atoms with E-state index in [2.05, 4.69) is 17.2 Å². The number of aliphatic hydroxyl groups excluding tert-OH is 1. The molecule has 0 spiro atoms. The molecule has 0 bridgehead atoms. The van der Waals surface area contributed by atoms with E-state index < -0.39 is 0 Å². The zero-order valence-electron chi connectivity index (χ0n) is 9.23. The molecule has 0 saturated heterocycles. The summed E-state index contributed by atoms with van der Waals surface area (Å²) in [4.78, 5) is 4.20. The van der Waals surface area contributed by atoms with E-state index in [-0.39, 0.29) is 12.6 Å². The van der Waals surface area contributed by atoms with Crippen molar-refractivity contribution in [2.45, 2.75) is 25.8 Å². The van der Waals surface area contributed by atoms with Crippen molar-refractivity contribution in [1.82, 2.24) is 4.98 Å². The maximum atomic E-state index is 8.71. The summed E-state index contributed by atoms with van der Waals surface area (Å²) in [5.74, 6) is 1.50. The molecule has 1 atom stereocenters. The van der Waals surface area contributed by atoms with Gasteiger partial charge in [0.2, 0.25) is 0 Å². The van der Waals surface area contributed by atoms with Gasteiger partial charge in [0.15, 0.2) is 11.6 Å². The van der Waals surface area contributed by atoms with Gasteiger partial charge in [-0.2, -0.15) is 0 Å². The van der Waals surface area contributed by atoms with Gasteiger partial charge in [0, 0.05) is 18.8 Å². The highest BCUT2D eigenvalue weighted by molar-refractivity contribution is 5.49. The number of aromatic nitrogens is 1. The lowest BCUT2D eigenvalue weighted by atomic mass is 10.2. The van der Waals surface area contributed by atoms with Gasteiger partial charge in [0.05, 0.1) is 7.11 Å². The lowest BCUT2D eigenvalue weighted by Crippen LogP contribution is -2.16. The van der Waals surface area contributed by atoms with Gasteiger partial charge in [-0.15, -0.1) is 0 Å². The SMILES string of the molecule is COc1cccnc1NC(C)CCCO. The first-order valence-electron chi connectivity index (χ1n) is 5.14. The van der Waals surface area contributed by atoms with Crippen LogP contribution in [0.25, 0.3) is 0 Å². The topological polar surface area (TPSA) is 54.4 Å². The van der Waals surface area contributed by atoms with E-state index in [0.29, 0.717) is 0 Å². The van der Waals surface area contributed by atoms with Crippen molar-refractivity contribution in [3.8, 4) is 5.75 Å². The number of anilines is 1. The Balaban J connectivity index is 2.55. The van der Waals surface area contributed by atoms with Crippen molar-refractivity contribution in [2.24, 2.45) is 0 Å². The second-order valence-corrected chi connectivity index (χ2v) is 3.47. The number of rotatable bonds is 6. The molecule has 84 valence electrons. The Hall–Kier alpha value is -1.29. The molecule has 4 nitrogen and oxygen atoms in total. The number of ether oxygens (including phenoxy) is 1. The van der Waals surface area contributed by atoms with Crippen LogP contribution < -0.4 is 10.1 Å². The van der Waals surface area contributed by atoms with E-state index in [1.807, 2.05) is 12.1 Å². The molecular weight excluding hydrogens is 192 g/mol. The molecule has 0 amide bonds. The third-order valence-electron chi connectivity index (χ3n) is 2.17. The highest BCUT2D eigenvalue weighted by Crippen LogP contribution is 2.21. The van der Waals surface area contributed by atoms with Crippen LogP contribution in [0.2, 0.25) is 0 Å². The summed E-state index contributed by atoms with van der Waals surface area (Å²) >= 11 is 0. The van der Waals surface area contributed by atoms with Gasteiger partial charge in [-0.3, -0.25) is 0 Å². The maximum Gasteiger partial charge on any atom is 0.168 e. The lowest BCUT2D eigenvalue weighted by Gasteiger charge is -2.15. The van der Waals surface area contributed by atoms with Crippen molar-refractivity contribution >= 4 is 5.82 Å². The third-order valence-corrected chi connectivity index (χ3v) is 2.17. The van der Waals surface area contributed by atoms with Gasteiger partial charge in [-0.05, 0) is 31.9 Å². The van der Waals surface area contributed by atoms with Crippen LogP contribution >= 0.6 is 0 Å². The molecule has 1 rings (SSSR count). The fourth-order valence-electron chi connectivity index (χ4n) is 1.37. The van der Waals surface area contributed by atoms with Crippen LogP contribution in [0.3, 0.4) is 0 Å². The highest BCUT2D eigenvalue weighted by atomic mass is 16.5. The van der Waals surface area contributed by atoms with E-state index in [9.17, 15) is 0 Å². The van der Waals surface area contributed by atoms with Gasteiger partial charge in [0.1, 0.15) is 0 Å². The van der Waals surface area contributed by atoms with Crippen LogP contribution in [0.4, 0.5) is 5.82 Å². The minimum absolute atomic E-state index is 0.228. The molecule has 1 aromatic heterocycles. The molecule has 0 saturated carbocycles. The third kappa shape index (κ3) is 3.75. The van der Waals surface area contributed by atoms with Crippen LogP contribution in [0.5, 0.6) is 5.75 Å². The number of aliphatic hydroxyl groups is 1. The molecule has 0 fully saturated rings. The first kappa shape index (κ1) is 11.8. The molecule has 2 N–H and O–H groups in total. The second kappa shape index (κ2) is 6.24. The zero-order chi connectivity index (χ0) is 11.1. The average Bonchev–Trinajstić information content (AvgIpc) is 2.27. The molecule has 1 unspecified atom stereocenters. The second-order valence-electron chi connectivity index (χ2n) is 3.47. The predicted octanol–water partition coefficient (Wildman–Crippen LogP) is 1.66. The number of hydrogen-bond donors (Lipinski definition) is 2. The Morgan fingerprint density at radius 2 is 2.40 bits per heavy atom. The van der Waals surface area contributed by atoms with Gasteiger partial charge in [-0.25, -0.2) is 4.98 Å². The molecule has 0 aliphatic heterocycles. The van der Waals surface area contributed by atoms with E-state index in [1.54, 1.807) is 13.3 Å². The van der Waals surface area contributed by atoms with Crippen LogP contribution in [-0.4, -0.2) is 29.8 Å². The van der Waals surface area contributed by atoms with E-state index in [4.69, 9.17) is 9.84 Å². The van der Waals surface area contributed by atoms with E-state index >= 15 is 0 Å². The summed E-state index contributed by atoms with van der Waals surface area (Å²) < 4.78 is 5.18. The van der Waals surface area contributed by atoms with E-state index in [0.717, 1.165) is 24.4 Å². The van der Waals surface area contributed by atoms with Crippen molar-refractivity contribution in [1.29, 1.82) is 0 Å². The summed E-state index contributed by atoms with van der Waals surface area (Å²) in [5.41, 5.74) is 0. The van der Waals surface area contributed by atoms with Crippen molar-refractivity contribution < 1.29 is 9.84 Å². The van der Waals surface area contributed by atoms with Crippen molar-refractivity contribution in [3.63, 3.8) is 0 Å². The maximum absolute atomic E-state index is 8.71. The number of nitrogens with one attached hydrogen (secondary N) is 1. The molecule has 4 heteroatoms. The van der Waals surface area contributed by atoms with Crippen molar-refractivity contribution in [2.75, 3.05) is 19.0 Å². The van der Waals surface area contributed by atoms with E-state index in [1.165, 1.54) is 0 Å². The average molecular weight is 210 g/mol. The van der Waals surface area contributed by atoms with Gasteiger partial charge in [-0.1, -0.05) is 0 Å². The first-order chi connectivity index (χ1) is 7.27. The summed E-state index contributed by atoms with van der Waals surface area (Å²) in [6, 6.07) is 3.98. The fraction of sp³-hybridized carbons (Fsp3) is 0.545. The summed E-state index contributed by atoms with van der Waals surface area (Å²) in [7, 11) is 1.63. The minimum atomic E-state index is 0.228. The van der Waals surface area contributed by atoms with Crippen LogP contribution in [-0.2, 0) is 0 Å². The molecule has 0 radical (unpaired) electrons. The predicted molar refractivity (Wildman–Crippen MR) is 60.2 cm³/mol. The monoisotopic (exact) mass is 210 g/mol. The van der Waals surface area contributed by atoms with Crippen molar-refractivity contribution in [3.05, 3.63) is 18.3 Å². The summed E-state index contributed by atoms with van der Waals surface area (Å²) in [6.45, 7) is 2.29. The Morgan fingerprint density at radius 1 is 1.60 bits per heavy atom. The first-order valence-corrected chi connectivity index (χ1v) is 5.14. The smallest absolute Gasteiger partial charge is 0.168 e. The number of nitrogens with zero attached hydrogens (tertiary/aromatic N) is 1. The number of hydrogen-bond acceptors (Lipinski definition) is 4. The number of pyridine rings is 1. The molecule has 1 heterocycles. The van der Waals surface area contributed by atoms with Crippen LogP contribution in [0, 0.1) is 0 Å². The van der Waals surface area contributed by atoms with Gasteiger partial charge in [0.25, 0.3) is 0 Å². The lowest BCUT2D eigenvalue weighted by molar-refractivity contribution is 0.282. The molecule has 0 aliphatic rings. The summed E-state index contributed by atoms with van der Waals surface area (Å²) in [5, 5.41) is 12.0. The zero-order valence-corrected chi connectivity index (χ0v) is 9.23. The Bertz CT molecular complexity index is 292. The molecule has 0 aliphatic carbocycles. The minimum Gasteiger partial charge on any atom is -0.493 e.